The number of aromatic nitrogens is 4. The first-order chi connectivity index (χ1) is 14.3. The van der Waals surface area contributed by atoms with E-state index < -0.39 is 0 Å². The zero-order valence-electron chi connectivity index (χ0n) is 15.7. The summed E-state index contributed by atoms with van der Waals surface area (Å²) < 4.78 is 3.78. The lowest BCUT2D eigenvalue weighted by molar-refractivity contribution is -0.117. The number of carbonyl (C=O) groups is 1. The fourth-order valence-electron chi connectivity index (χ4n) is 3.57. The van der Waals surface area contributed by atoms with Gasteiger partial charge in [0.25, 0.3) is 0 Å². The van der Waals surface area contributed by atoms with Crippen molar-refractivity contribution in [3.8, 4) is 5.69 Å². The number of benzene rings is 3. The van der Waals surface area contributed by atoms with Gasteiger partial charge in [-0.2, -0.15) is 0 Å². The van der Waals surface area contributed by atoms with E-state index in [0.717, 1.165) is 33.6 Å². The lowest BCUT2D eigenvalue weighted by Gasteiger charge is -2.10. The SMILES string of the molecule is O=C(CCc1nc2ccccc2n1-c1ccccc1)Nn1cnc2ccccc21. The molecule has 0 atom stereocenters. The Bertz CT molecular complexity index is 1300. The first kappa shape index (κ1) is 17.2. The smallest absolute Gasteiger partial charge is 0.239 e. The number of nitrogens with zero attached hydrogens (tertiary/aromatic N) is 4. The van der Waals surface area contributed by atoms with Crippen LogP contribution in [-0.2, 0) is 11.2 Å². The molecule has 1 N–H and O–H groups in total. The summed E-state index contributed by atoms with van der Waals surface area (Å²) in [6, 6.07) is 25.8. The van der Waals surface area contributed by atoms with Crippen molar-refractivity contribution in [2.45, 2.75) is 12.8 Å². The average molecular weight is 381 g/mol. The van der Waals surface area contributed by atoms with E-state index in [1.807, 2.05) is 60.7 Å². The molecule has 5 rings (SSSR count). The molecule has 0 saturated carbocycles. The van der Waals surface area contributed by atoms with E-state index in [4.69, 9.17) is 4.98 Å². The molecule has 0 bridgehead atoms. The van der Waals surface area contributed by atoms with Crippen molar-refractivity contribution in [3.05, 3.63) is 91.0 Å². The highest BCUT2D eigenvalue weighted by atomic mass is 16.2. The Morgan fingerprint density at radius 3 is 2.34 bits per heavy atom. The molecular formula is C23H19N5O. The van der Waals surface area contributed by atoms with Crippen LogP contribution >= 0.6 is 0 Å². The fourth-order valence-corrected chi connectivity index (χ4v) is 3.57. The number of amides is 1. The highest BCUT2D eigenvalue weighted by molar-refractivity contribution is 5.86. The van der Waals surface area contributed by atoms with Gasteiger partial charge in [-0.05, 0) is 36.4 Å². The molecule has 0 unspecified atom stereocenters. The largest absolute Gasteiger partial charge is 0.296 e. The molecule has 2 heterocycles. The monoisotopic (exact) mass is 381 g/mol. The van der Waals surface area contributed by atoms with Gasteiger partial charge in [-0.1, -0.05) is 42.5 Å². The second-order valence-electron chi connectivity index (χ2n) is 6.83. The van der Waals surface area contributed by atoms with E-state index >= 15 is 0 Å². The van der Waals surface area contributed by atoms with Crippen LogP contribution in [-0.4, -0.2) is 25.1 Å². The van der Waals surface area contributed by atoms with E-state index in [-0.39, 0.29) is 5.91 Å². The van der Waals surface area contributed by atoms with Gasteiger partial charge in [0.2, 0.25) is 5.91 Å². The first-order valence-electron chi connectivity index (χ1n) is 9.53. The lowest BCUT2D eigenvalue weighted by Crippen LogP contribution is -2.22. The maximum atomic E-state index is 12.6. The van der Waals surface area contributed by atoms with E-state index in [2.05, 4.69) is 33.2 Å². The predicted octanol–water partition coefficient (Wildman–Crippen LogP) is 4.08. The van der Waals surface area contributed by atoms with Crippen LogP contribution < -0.4 is 5.43 Å². The summed E-state index contributed by atoms with van der Waals surface area (Å²) in [6.45, 7) is 0. The molecule has 0 aliphatic rings. The summed E-state index contributed by atoms with van der Waals surface area (Å²) in [5.41, 5.74) is 7.62. The number of imidazole rings is 2. The Morgan fingerprint density at radius 1 is 0.828 bits per heavy atom. The van der Waals surface area contributed by atoms with Crippen molar-refractivity contribution in [3.63, 3.8) is 0 Å². The fraction of sp³-hybridized carbons (Fsp3) is 0.0870. The maximum absolute atomic E-state index is 12.6. The van der Waals surface area contributed by atoms with Crippen molar-refractivity contribution < 1.29 is 4.79 Å². The van der Waals surface area contributed by atoms with E-state index in [0.29, 0.717) is 12.8 Å². The topological polar surface area (TPSA) is 64.7 Å². The van der Waals surface area contributed by atoms with E-state index in [1.54, 1.807) is 11.0 Å². The lowest BCUT2D eigenvalue weighted by atomic mass is 10.2. The quantitative estimate of drug-likeness (QED) is 0.499. The maximum Gasteiger partial charge on any atom is 0.239 e. The normalized spacial score (nSPS) is 11.2. The molecule has 2 aromatic heterocycles. The highest BCUT2D eigenvalue weighted by Gasteiger charge is 2.14. The first-order valence-corrected chi connectivity index (χ1v) is 9.53. The Balaban J connectivity index is 1.40. The summed E-state index contributed by atoms with van der Waals surface area (Å²) in [6.07, 6.45) is 2.48. The number of nitrogens with one attached hydrogen (secondary N) is 1. The molecule has 0 spiro atoms. The van der Waals surface area contributed by atoms with Crippen LogP contribution in [0.5, 0.6) is 0 Å². The number of fused-ring (bicyclic) bond motifs is 2. The summed E-state index contributed by atoms with van der Waals surface area (Å²) in [5, 5.41) is 0. The molecule has 0 fully saturated rings. The number of carbonyl (C=O) groups excluding carboxylic acids is 1. The van der Waals surface area contributed by atoms with Crippen molar-refractivity contribution in [2.75, 3.05) is 5.43 Å². The van der Waals surface area contributed by atoms with Crippen molar-refractivity contribution in [1.82, 2.24) is 19.2 Å². The highest BCUT2D eigenvalue weighted by Crippen LogP contribution is 2.22. The van der Waals surface area contributed by atoms with Gasteiger partial charge in [-0.25, -0.2) is 14.6 Å². The predicted molar refractivity (Wildman–Crippen MR) is 113 cm³/mol. The van der Waals surface area contributed by atoms with Gasteiger partial charge in [-0.3, -0.25) is 14.8 Å². The number of rotatable bonds is 5. The van der Waals surface area contributed by atoms with E-state index in [1.165, 1.54) is 0 Å². The van der Waals surface area contributed by atoms with Crippen LogP contribution in [0.25, 0.3) is 27.8 Å². The minimum absolute atomic E-state index is 0.0835. The molecule has 0 aliphatic heterocycles. The second-order valence-corrected chi connectivity index (χ2v) is 6.83. The molecule has 1 amide bonds. The van der Waals surface area contributed by atoms with Gasteiger partial charge in [0.05, 0.1) is 22.1 Å². The minimum atomic E-state index is -0.0835. The number of para-hydroxylation sites is 5. The standard InChI is InChI=1S/C23H19N5O/c29-23(26-27-16-24-18-10-4-6-12-20(18)27)15-14-22-25-19-11-5-7-13-21(19)28(22)17-8-2-1-3-9-17/h1-13,16H,14-15H2,(H,26,29). The number of hydrogen-bond donors (Lipinski definition) is 1. The third-order valence-electron chi connectivity index (χ3n) is 4.92. The summed E-state index contributed by atoms with van der Waals surface area (Å²) in [7, 11) is 0. The van der Waals surface area contributed by atoms with E-state index in [9.17, 15) is 4.79 Å². The zero-order chi connectivity index (χ0) is 19.6. The van der Waals surface area contributed by atoms with Crippen LogP contribution in [0.2, 0.25) is 0 Å². The minimum Gasteiger partial charge on any atom is -0.296 e. The van der Waals surface area contributed by atoms with Gasteiger partial charge < -0.3 is 0 Å². The molecule has 29 heavy (non-hydrogen) atoms. The van der Waals surface area contributed by atoms with Crippen LogP contribution in [0.3, 0.4) is 0 Å². The Kier molecular flexibility index (Phi) is 4.29. The molecule has 0 radical (unpaired) electrons. The Hall–Kier alpha value is -3.93. The zero-order valence-corrected chi connectivity index (χ0v) is 15.7. The van der Waals surface area contributed by atoms with Gasteiger partial charge in [-0.15, -0.1) is 0 Å². The Labute approximate surface area is 167 Å². The van der Waals surface area contributed by atoms with Gasteiger partial charge >= 0.3 is 0 Å². The molecule has 3 aromatic carbocycles. The molecule has 0 saturated heterocycles. The third kappa shape index (κ3) is 3.25. The molecule has 5 aromatic rings. The van der Waals surface area contributed by atoms with Crippen molar-refractivity contribution >= 4 is 28.0 Å². The van der Waals surface area contributed by atoms with Gasteiger partial charge in [0, 0.05) is 18.5 Å². The number of hydrogen-bond acceptors (Lipinski definition) is 3. The van der Waals surface area contributed by atoms with Crippen LogP contribution in [0, 0.1) is 0 Å². The second kappa shape index (κ2) is 7.24. The molecule has 6 heteroatoms. The van der Waals surface area contributed by atoms with Crippen LogP contribution in [0.15, 0.2) is 85.2 Å². The van der Waals surface area contributed by atoms with Crippen molar-refractivity contribution in [1.29, 1.82) is 0 Å². The summed E-state index contributed by atoms with van der Waals surface area (Å²) >= 11 is 0. The summed E-state index contributed by atoms with van der Waals surface area (Å²) in [5.74, 6) is 0.780. The van der Waals surface area contributed by atoms with Crippen LogP contribution in [0.1, 0.15) is 12.2 Å². The van der Waals surface area contributed by atoms with Gasteiger partial charge in [0.15, 0.2) is 0 Å². The van der Waals surface area contributed by atoms with Crippen molar-refractivity contribution in [2.24, 2.45) is 0 Å². The number of aryl methyl sites for hydroxylation is 1. The molecule has 142 valence electrons. The van der Waals surface area contributed by atoms with Crippen LogP contribution in [0.4, 0.5) is 0 Å². The summed E-state index contributed by atoms with van der Waals surface area (Å²) in [4.78, 5) is 21.7. The molecular weight excluding hydrogens is 362 g/mol. The average Bonchev–Trinajstić information content (AvgIpc) is 3.34. The molecule has 6 nitrogen and oxygen atoms in total. The Morgan fingerprint density at radius 2 is 1.52 bits per heavy atom. The third-order valence-corrected chi connectivity index (χ3v) is 4.92. The van der Waals surface area contributed by atoms with Gasteiger partial charge in [0.1, 0.15) is 12.2 Å². The molecule has 0 aliphatic carbocycles.